The second-order valence-electron chi connectivity index (χ2n) is 7.95. The van der Waals surface area contributed by atoms with Crippen LogP contribution in [-0.4, -0.2) is 89.4 Å². The van der Waals surface area contributed by atoms with Crippen molar-refractivity contribution in [2.75, 3.05) is 45.9 Å². The number of piperazine rings is 1. The number of nitrogens with zero attached hydrogens (tertiary/aromatic N) is 3. The van der Waals surface area contributed by atoms with Crippen molar-refractivity contribution in [1.29, 1.82) is 0 Å². The van der Waals surface area contributed by atoms with Gasteiger partial charge in [0.15, 0.2) is 5.78 Å². The molecular formula is C21H32N4O4. The molecule has 29 heavy (non-hydrogen) atoms. The number of ketones is 1. The number of hydrogen-bond donors (Lipinski definition) is 1. The summed E-state index contributed by atoms with van der Waals surface area (Å²) >= 11 is 0. The Bertz CT molecular complexity index is 780. The first-order valence-corrected chi connectivity index (χ1v) is 10.5. The highest BCUT2D eigenvalue weighted by atomic mass is 16.6. The molecule has 0 unspecified atom stereocenters. The SMILES string of the molecule is CCOC(=O)N1CCN([C@@H]2CCCN(C(=O)c3c(C)[nH]c(C(C)=O)c3C)C2)CC1. The van der Waals surface area contributed by atoms with Gasteiger partial charge in [-0.05, 0) is 39.2 Å². The molecule has 1 atom stereocenters. The number of aromatic nitrogens is 1. The number of amides is 2. The maximum absolute atomic E-state index is 13.2. The minimum absolute atomic E-state index is 0.00129. The van der Waals surface area contributed by atoms with E-state index in [2.05, 4.69) is 9.88 Å². The Hall–Kier alpha value is -2.35. The molecule has 0 spiro atoms. The van der Waals surface area contributed by atoms with Gasteiger partial charge in [-0.3, -0.25) is 14.5 Å². The molecule has 2 aliphatic rings. The van der Waals surface area contributed by atoms with Crippen molar-refractivity contribution in [3.8, 4) is 0 Å². The van der Waals surface area contributed by atoms with Crippen LogP contribution in [0.1, 0.15) is 58.8 Å². The summed E-state index contributed by atoms with van der Waals surface area (Å²) in [6.07, 6.45) is 1.76. The summed E-state index contributed by atoms with van der Waals surface area (Å²) in [4.78, 5) is 46.1. The fourth-order valence-electron chi connectivity index (χ4n) is 4.50. The first-order valence-electron chi connectivity index (χ1n) is 10.5. The molecule has 0 bridgehead atoms. The van der Waals surface area contributed by atoms with Crippen molar-refractivity contribution < 1.29 is 19.1 Å². The lowest BCUT2D eigenvalue weighted by Gasteiger charge is -2.43. The largest absolute Gasteiger partial charge is 0.450 e. The van der Waals surface area contributed by atoms with Crippen LogP contribution in [0.2, 0.25) is 0 Å². The normalized spacial score (nSPS) is 20.6. The summed E-state index contributed by atoms with van der Waals surface area (Å²) in [5.41, 5.74) is 2.64. The summed E-state index contributed by atoms with van der Waals surface area (Å²) in [7, 11) is 0. The molecule has 2 amide bonds. The number of aryl methyl sites for hydroxylation is 1. The monoisotopic (exact) mass is 404 g/mol. The van der Waals surface area contributed by atoms with Gasteiger partial charge in [0.25, 0.3) is 5.91 Å². The summed E-state index contributed by atoms with van der Waals surface area (Å²) in [6, 6.07) is 0.295. The molecule has 2 aliphatic heterocycles. The molecule has 160 valence electrons. The van der Waals surface area contributed by atoms with Crippen molar-refractivity contribution >= 4 is 17.8 Å². The molecule has 0 radical (unpaired) electrons. The van der Waals surface area contributed by atoms with E-state index in [1.165, 1.54) is 6.92 Å². The van der Waals surface area contributed by atoms with E-state index in [-0.39, 0.29) is 17.8 Å². The fourth-order valence-corrected chi connectivity index (χ4v) is 4.50. The Labute approximate surface area is 172 Å². The Kier molecular flexibility index (Phi) is 6.62. The Balaban J connectivity index is 1.64. The Morgan fingerprint density at radius 2 is 1.76 bits per heavy atom. The predicted octanol–water partition coefficient (Wildman–Crippen LogP) is 2.21. The van der Waals surface area contributed by atoms with Gasteiger partial charge in [-0.2, -0.15) is 0 Å². The molecule has 8 heteroatoms. The minimum Gasteiger partial charge on any atom is -0.450 e. The number of nitrogens with one attached hydrogen (secondary N) is 1. The number of carbonyl (C=O) groups excluding carboxylic acids is 3. The molecule has 8 nitrogen and oxygen atoms in total. The Morgan fingerprint density at radius 3 is 2.34 bits per heavy atom. The van der Waals surface area contributed by atoms with Crippen molar-refractivity contribution in [1.82, 2.24) is 19.7 Å². The van der Waals surface area contributed by atoms with Crippen LogP contribution in [0.15, 0.2) is 0 Å². The molecule has 0 saturated carbocycles. The van der Waals surface area contributed by atoms with E-state index in [0.29, 0.717) is 43.5 Å². The summed E-state index contributed by atoms with van der Waals surface area (Å²) in [6.45, 7) is 11.7. The lowest BCUT2D eigenvalue weighted by Crippen LogP contribution is -2.56. The lowest BCUT2D eigenvalue weighted by molar-refractivity contribution is 0.0377. The average Bonchev–Trinajstić information content (AvgIpc) is 3.02. The molecule has 1 aromatic rings. The second-order valence-corrected chi connectivity index (χ2v) is 7.95. The molecule has 3 heterocycles. The topological polar surface area (TPSA) is 85.9 Å². The van der Waals surface area contributed by atoms with Crippen LogP contribution >= 0.6 is 0 Å². The first-order chi connectivity index (χ1) is 13.8. The van der Waals surface area contributed by atoms with Crippen LogP contribution in [0.25, 0.3) is 0 Å². The smallest absolute Gasteiger partial charge is 0.409 e. The van der Waals surface area contributed by atoms with Gasteiger partial charge < -0.3 is 19.5 Å². The lowest BCUT2D eigenvalue weighted by atomic mass is 10.0. The third-order valence-corrected chi connectivity index (χ3v) is 6.04. The predicted molar refractivity (Wildman–Crippen MR) is 109 cm³/mol. The maximum Gasteiger partial charge on any atom is 0.409 e. The van der Waals surface area contributed by atoms with E-state index in [1.54, 1.807) is 4.90 Å². The Morgan fingerprint density at radius 1 is 1.07 bits per heavy atom. The third-order valence-electron chi connectivity index (χ3n) is 6.04. The number of H-pyrrole nitrogens is 1. The average molecular weight is 405 g/mol. The van der Waals surface area contributed by atoms with Gasteiger partial charge in [0, 0.05) is 57.9 Å². The van der Waals surface area contributed by atoms with Gasteiger partial charge in [0.2, 0.25) is 0 Å². The number of carbonyl (C=O) groups is 3. The van der Waals surface area contributed by atoms with E-state index >= 15 is 0 Å². The van der Waals surface area contributed by atoms with Crippen LogP contribution < -0.4 is 0 Å². The van der Waals surface area contributed by atoms with Gasteiger partial charge in [-0.1, -0.05) is 0 Å². The molecule has 2 fully saturated rings. The number of piperidine rings is 1. The van der Waals surface area contributed by atoms with Gasteiger partial charge in [0.1, 0.15) is 0 Å². The van der Waals surface area contributed by atoms with Crippen LogP contribution in [0.3, 0.4) is 0 Å². The van der Waals surface area contributed by atoms with E-state index in [9.17, 15) is 14.4 Å². The fraction of sp³-hybridized carbons (Fsp3) is 0.667. The van der Waals surface area contributed by atoms with Crippen molar-refractivity contribution in [2.24, 2.45) is 0 Å². The van der Waals surface area contributed by atoms with Crippen LogP contribution in [0.5, 0.6) is 0 Å². The quantitative estimate of drug-likeness (QED) is 0.778. The van der Waals surface area contributed by atoms with E-state index in [0.717, 1.165) is 43.7 Å². The molecule has 1 aromatic heterocycles. The maximum atomic E-state index is 13.2. The van der Waals surface area contributed by atoms with Crippen molar-refractivity contribution in [2.45, 2.75) is 46.6 Å². The standard InChI is InChI=1S/C21H32N4O4/c1-5-29-21(28)24-11-9-23(10-12-24)17-7-6-8-25(13-17)20(27)18-14(2)19(16(4)26)22-15(18)3/h17,22H,5-13H2,1-4H3/t17-/m1/s1. The minimum atomic E-state index is -0.243. The number of likely N-dealkylation sites (tertiary alicyclic amines) is 1. The number of hydrogen-bond acceptors (Lipinski definition) is 5. The molecular weight excluding hydrogens is 372 g/mol. The summed E-state index contributed by atoms with van der Waals surface area (Å²) in [5, 5.41) is 0. The molecule has 2 saturated heterocycles. The molecule has 0 aromatic carbocycles. The van der Waals surface area contributed by atoms with Crippen LogP contribution in [0, 0.1) is 13.8 Å². The highest BCUT2D eigenvalue weighted by Crippen LogP contribution is 2.24. The number of rotatable bonds is 4. The van der Waals surface area contributed by atoms with E-state index in [4.69, 9.17) is 4.74 Å². The van der Waals surface area contributed by atoms with Gasteiger partial charge in [0.05, 0.1) is 17.9 Å². The van der Waals surface area contributed by atoms with Crippen LogP contribution in [0.4, 0.5) is 4.79 Å². The highest BCUT2D eigenvalue weighted by Gasteiger charge is 2.33. The highest BCUT2D eigenvalue weighted by molar-refractivity contribution is 6.02. The van der Waals surface area contributed by atoms with Crippen molar-refractivity contribution in [3.63, 3.8) is 0 Å². The van der Waals surface area contributed by atoms with Crippen LogP contribution in [-0.2, 0) is 4.74 Å². The van der Waals surface area contributed by atoms with Gasteiger partial charge >= 0.3 is 6.09 Å². The summed E-state index contributed by atoms with van der Waals surface area (Å²) in [5.74, 6) is -0.0562. The zero-order chi connectivity index (χ0) is 21.1. The van der Waals surface area contributed by atoms with E-state index < -0.39 is 0 Å². The van der Waals surface area contributed by atoms with E-state index in [1.807, 2.05) is 25.7 Å². The van der Waals surface area contributed by atoms with Gasteiger partial charge in [-0.25, -0.2) is 4.79 Å². The number of ether oxygens (including phenoxy) is 1. The first kappa shape index (κ1) is 21.4. The molecule has 0 aliphatic carbocycles. The van der Waals surface area contributed by atoms with Gasteiger partial charge in [-0.15, -0.1) is 0 Å². The number of aromatic amines is 1. The zero-order valence-electron chi connectivity index (χ0n) is 17.9. The summed E-state index contributed by atoms with van der Waals surface area (Å²) < 4.78 is 5.09. The zero-order valence-corrected chi connectivity index (χ0v) is 17.9. The van der Waals surface area contributed by atoms with Crippen molar-refractivity contribution in [3.05, 3.63) is 22.5 Å². The number of Topliss-reactive ketones (excluding diaryl/α,β-unsaturated/α-hetero) is 1. The second kappa shape index (κ2) is 8.98. The molecule has 1 N–H and O–H groups in total. The third kappa shape index (κ3) is 4.47. The molecule has 3 rings (SSSR count).